The molecule has 0 bridgehead atoms. The van der Waals surface area contributed by atoms with Crippen molar-refractivity contribution in [1.29, 1.82) is 0 Å². The average molecular weight is 352 g/mol. The van der Waals surface area contributed by atoms with Gasteiger partial charge in [0.2, 0.25) is 0 Å². The van der Waals surface area contributed by atoms with Gasteiger partial charge in [-0.15, -0.1) is 0 Å². The SMILES string of the molecule is CCCc1c(/C=C/c2ccc(F)cc2)nc2ccc(C(=O)O)cn2c1=O. The minimum Gasteiger partial charge on any atom is -0.478 e. The quantitative estimate of drug-likeness (QED) is 0.761. The first-order valence-electron chi connectivity index (χ1n) is 8.22. The van der Waals surface area contributed by atoms with Gasteiger partial charge in [0, 0.05) is 11.8 Å². The van der Waals surface area contributed by atoms with Gasteiger partial charge in [0.15, 0.2) is 0 Å². The Bertz CT molecular complexity index is 1050. The Kier molecular flexibility index (Phi) is 4.93. The second-order valence-corrected chi connectivity index (χ2v) is 5.87. The van der Waals surface area contributed by atoms with Crippen LogP contribution in [0.5, 0.6) is 0 Å². The van der Waals surface area contributed by atoms with Crippen LogP contribution in [0, 0.1) is 5.82 Å². The summed E-state index contributed by atoms with van der Waals surface area (Å²) in [6.07, 6.45) is 6.06. The van der Waals surface area contributed by atoms with Crippen LogP contribution in [-0.2, 0) is 6.42 Å². The van der Waals surface area contributed by atoms with Gasteiger partial charge in [0.1, 0.15) is 11.5 Å². The first kappa shape index (κ1) is 17.5. The molecule has 132 valence electrons. The van der Waals surface area contributed by atoms with Crippen molar-refractivity contribution >= 4 is 23.8 Å². The lowest BCUT2D eigenvalue weighted by Crippen LogP contribution is -2.22. The normalized spacial score (nSPS) is 11.3. The Hall–Kier alpha value is -3.28. The number of carboxylic acid groups (broad SMARTS) is 1. The van der Waals surface area contributed by atoms with Gasteiger partial charge in [-0.2, -0.15) is 0 Å². The second-order valence-electron chi connectivity index (χ2n) is 5.87. The number of hydrogen-bond donors (Lipinski definition) is 1. The Morgan fingerprint density at radius 2 is 1.92 bits per heavy atom. The molecule has 3 aromatic rings. The number of hydrogen-bond acceptors (Lipinski definition) is 3. The number of benzene rings is 1. The summed E-state index contributed by atoms with van der Waals surface area (Å²) in [5.74, 6) is -1.42. The number of fused-ring (bicyclic) bond motifs is 1. The zero-order valence-electron chi connectivity index (χ0n) is 14.1. The molecule has 2 aromatic heterocycles. The van der Waals surface area contributed by atoms with E-state index >= 15 is 0 Å². The summed E-state index contributed by atoms with van der Waals surface area (Å²) in [6, 6.07) is 8.93. The molecule has 0 unspecified atom stereocenters. The van der Waals surface area contributed by atoms with Crippen molar-refractivity contribution in [3.05, 3.63) is 81.2 Å². The third-order valence-corrected chi connectivity index (χ3v) is 4.00. The standard InChI is InChI=1S/C20H17FN2O3/c1-2-3-16-17(10-6-13-4-8-15(21)9-5-13)22-18-11-7-14(20(25)26)12-23(18)19(16)24/h4-12H,2-3H2,1H3,(H,25,26)/b10-6+. The Morgan fingerprint density at radius 3 is 2.58 bits per heavy atom. The Morgan fingerprint density at radius 1 is 1.19 bits per heavy atom. The zero-order valence-corrected chi connectivity index (χ0v) is 14.1. The van der Waals surface area contributed by atoms with Gasteiger partial charge >= 0.3 is 5.97 Å². The monoisotopic (exact) mass is 352 g/mol. The van der Waals surface area contributed by atoms with Crippen LogP contribution in [0.15, 0.2) is 47.4 Å². The van der Waals surface area contributed by atoms with Crippen LogP contribution in [0.25, 0.3) is 17.8 Å². The first-order chi connectivity index (χ1) is 12.5. The highest BCUT2D eigenvalue weighted by atomic mass is 19.1. The van der Waals surface area contributed by atoms with Gasteiger partial charge in [-0.05, 0) is 42.3 Å². The van der Waals surface area contributed by atoms with Gasteiger partial charge in [-0.1, -0.05) is 31.6 Å². The highest BCUT2D eigenvalue weighted by molar-refractivity contribution is 5.87. The van der Waals surface area contributed by atoms with E-state index < -0.39 is 5.97 Å². The molecule has 0 aliphatic rings. The fraction of sp³-hybridized carbons (Fsp3) is 0.150. The number of halogens is 1. The highest BCUT2D eigenvalue weighted by Crippen LogP contribution is 2.13. The summed E-state index contributed by atoms with van der Waals surface area (Å²) < 4.78 is 14.3. The number of carbonyl (C=O) groups is 1. The van der Waals surface area contributed by atoms with Crippen LogP contribution in [0.3, 0.4) is 0 Å². The molecule has 26 heavy (non-hydrogen) atoms. The van der Waals surface area contributed by atoms with Crippen LogP contribution in [0.1, 0.15) is 40.5 Å². The first-order valence-corrected chi connectivity index (χ1v) is 8.22. The molecule has 0 aliphatic carbocycles. The number of nitrogens with zero attached hydrogens (tertiary/aromatic N) is 2. The molecule has 0 amide bonds. The molecule has 0 atom stereocenters. The van der Waals surface area contributed by atoms with Crippen molar-refractivity contribution < 1.29 is 14.3 Å². The molecule has 2 heterocycles. The lowest BCUT2D eigenvalue weighted by atomic mass is 10.1. The lowest BCUT2D eigenvalue weighted by Gasteiger charge is -2.08. The van der Waals surface area contributed by atoms with Gasteiger partial charge in [-0.3, -0.25) is 9.20 Å². The van der Waals surface area contributed by atoms with Crippen LogP contribution >= 0.6 is 0 Å². The van der Waals surface area contributed by atoms with E-state index in [1.807, 2.05) is 6.92 Å². The van der Waals surface area contributed by atoms with Gasteiger partial charge in [-0.25, -0.2) is 14.2 Å². The topological polar surface area (TPSA) is 71.7 Å². The van der Waals surface area contributed by atoms with Crippen molar-refractivity contribution in [2.24, 2.45) is 0 Å². The zero-order chi connectivity index (χ0) is 18.7. The molecule has 3 rings (SSSR count). The number of pyridine rings is 1. The van der Waals surface area contributed by atoms with Crippen molar-refractivity contribution in [2.75, 3.05) is 0 Å². The third kappa shape index (κ3) is 3.54. The van der Waals surface area contributed by atoms with Crippen molar-refractivity contribution in [2.45, 2.75) is 19.8 Å². The fourth-order valence-corrected chi connectivity index (χ4v) is 2.69. The van der Waals surface area contributed by atoms with Crippen LogP contribution in [0.2, 0.25) is 0 Å². The molecule has 0 saturated carbocycles. The highest BCUT2D eigenvalue weighted by Gasteiger charge is 2.12. The van der Waals surface area contributed by atoms with E-state index in [4.69, 9.17) is 5.11 Å². The molecule has 6 heteroatoms. The minimum absolute atomic E-state index is 0.0263. The van der Waals surface area contributed by atoms with Crippen molar-refractivity contribution in [3.63, 3.8) is 0 Å². The van der Waals surface area contributed by atoms with E-state index in [9.17, 15) is 14.0 Å². The van der Waals surface area contributed by atoms with Crippen molar-refractivity contribution in [3.8, 4) is 0 Å². The molecule has 0 radical (unpaired) electrons. The summed E-state index contributed by atoms with van der Waals surface area (Å²) in [6.45, 7) is 1.95. The summed E-state index contributed by atoms with van der Waals surface area (Å²) in [7, 11) is 0. The molecule has 0 saturated heterocycles. The summed E-state index contributed by atoms with van der Waals surface area (Å²) in [5.41, 5.74) is 1.96. The van der Waals surface area contributed by atoms with E-state index in [0.717, 1.165) is 12.0 Å². The molecule has 0 fully saturated rings. The number of aromatic nitrogens is 2. The van der Waals surface area contributed by atoms with E-state index in [1.165, 1.54) is 34.9 Å². The molecule has 0 spiro atoms. The largest absolute Gasteiger partial charge is 0.478 e. The van der Waals surface area contributed by atoms with E-state index in [1.54, 1.807) is 24.3 Å². The van der Waals surface area contributed by atoms with E-state index in [0.29, 0.717) is 23.3 Å². The minimum atomic E-state index is -1.10. The maximum atomic E-state index is 13.0. The number of rotatable bonds is 5. The van der Waals surface area contributed by atoms with Gasteiger partial charge in [0.25, 0.3) is 5.56 Å². The smallest absolute Gasteiger partial charge is 0.337 e. The summed E-state index contributed by atoms with van der Waals surface area (Å²) in [4.78, 5) is 28.5. The maximum absolute atomic E-state index is 13.0. The van der Waals surface area contributed by atoms with Crippen LogP contribution in [-0.4, -0.2) is 20.5 Å². The molecule has 1 aromatic carbocycles. The predicted octanol–water partition coefficient (Wildman–Crippen LogP) is 3.65. The maximum Gasteiger partial charge on any atom is 0.337 e. The lowest BCUT2D eigenvalue weighted by molar-refractivity contribution is 0.0696. The summed E-state index contributed by atoms with van der Waals surface area (Å²) in [5, 5.41) is 9.12. The summed E-state index contributed by atoms with van der Waals surface area (Å²) >= 11 is 0. The van der Waals surface area contributed by atoms with Crippen LogP contribution < -0.4 is 5.56 Å². The van der Waals surface area contributed by atoms with Gasteiger partial charge < -0.3 is 5.11 Å². The Balaban J connectivity index is 2.13. The predicted molar refractivity (Wildman–Crippen MR) is 97.7 cm³/mol. The molecular weight excluding hydrogens is 335 g/mol. The van der Waals surface area contributed by atoms with Gasteiger partial charge in [0.05, 0.1) is 11.3 Å². The average Bonchev–Trinajstić information content (AvgIpc) is 2.63. The fourth-order valence-electron chi connectivity index (χ4n) is 2.69. The molecule has 5 nitrogen and oxygen atoms in total. The molecule has 0 aliphatic heterocycles. The number of carboxylic acids is 1. The van der Waals surface area contributed by atoms with Crippen molar-refractivity contribution in [1.82, 2.24) is 9.38 Å². The Labute approximate surface area is 149 Å². The van der Waals surface area contributed by atoms with Crippen LogP contribution in [0.4, 0.5) is 4.39 Å². The second kappa shape index (κ2) is 7.31. The molecule has 1 N–H and O–H groups in total. The third-order valence-electron chi connectivity index (χ3n) is 4.00. The van der Waals surface area contributed by atoms with E-state index in [-0.39, 0.29) is 16.9 Å². The molecular formula is C20H17FN2O3. The van der Waals surface area contributed by atoms with E-state index in [2.05, 4.69) is 4.98 Å². The number of aromatic carboxylic acids is 1.